The van der Waals surface area contributed by atoms with Crippen LogP contribution in [0, 0.1) is 5.92 Å². The zero-order valence-corrected chi connectivity index (χ0v) is 23.8. The van der Waals surface area contributed by atoms with E-state index in [0.29, 0.717) is 23.7 Å². The lowest BCUT2D eigenvalue weighted by atomic mass is 9.86. The first kappa shape index (κ1) is 29.2. The molecule has 38 heavy (non-hydrogen) atoms. The summed E-state index contributed by atoms with van der Waals surface area (Å²) >= 11 is 6.49. The van der Waals surface area contributed by atoms with Crippen molar-refractivity contribution in [2.75, 3.05) is 13.2 Å². The predicted molar refractivity (Wildman–Crippen MR) is 154 cm³/mol. The molecular weight excluding hydrogens is 496 g/mol. The second kappa shape index (κ2) is 13.5. The number of nitrogens with zero attached hydrogens (tertiary/aromatic N) is 1. The number of amides is 2. The zero-order chi connectivity index (χ0) is 27.7. The molecular formula is C32H39ClN2O3. The Morgan fingerprint density at radius 1 is 0.921 bits per heavy atom. The highest BCUT2D eigenvalue weighted by Gasteiger charge is 2.31. The number of rotatable bonds is 11. The minimum absolute atomic E-state index is 0.149. The lowest BCUT2D eigenvalue weighted by Gasteiger charge is -2.32. The van der Waals surface area contributed by atoms with E-state index in [-0.39, 0.29) is 36.3 Å². The van der Waals surface area contributed by atoms with Crippen molar-refractivity contribution >= 4 is 23.4 Å². The Morgan fingerprint density at radius 2 is 1.55 bits per heavy atom. The van der Waals surface area contributed by atoms with Gasteiger partial charge in [-0.15, -0.1) is 0 Å². The van der Waals surface area contributed by atoms with Gasteiger partial charge in [-0.2, -0.15) is 0 Å². The number of para-hydroxylation sites is 1. The van der Waals surface area contributed by atoms with Gasteiger partial charge in [0.15, 0.2) is 6.61 Å². The van der Waals surface area contributed by atoms with Gasteiger partial charge in [0.2, 0.25) is 5.91 Å². The minimum atomic E-state index is -0.735. The summed E-state index contributed by atoms with van der Waals surface area (Å²) in [6.07, 6.45) is 0.375. The van der Waals surface area contributed by atoms with Gasteiger partial charge in [-0.25, -0.2) is 0 Å². The number of carbonyl (C=O) groups excluding carboxylic acids is 2. The van der Waals surface area contributed by atoms with Crippen molar-refractivity contribution in [2.45, 2.75) is 59.0 Å². The van der Waals surface area contributed by atoms with E-state index in [1.165, 1.54) is 0 Å². The summed E-state index contributed by atoms with van der Waals surface area (Å²) in [6.45, 7) is 10.9. The van der Waals surface area contributed by atoms with E-state index in [2.05, 4.69) is 26.1 Å². The van der Waals surface area contributed by atoms with Crippen LogP contribution >= 0.6 is 11.6 Å². The molecule has 3 aromatic rings. The fourth-order valence-electron chi connectivity index (χ4n) is 4.22. The van der Waals surface area contributed by atoms with Gasteiger partial charge < -0.3 is 15.0 Å². The van der Waals surface area contributed by atoms with Crippen LogP contribution < -0.4 is 10.1 Å². The average Bonchev–Trinajstić information content (AvgIpc) is 2.89. The zero-order valence-electron chi connectivity index (χ0n) is 23.0. The highest BCUT2D eigenvalue weighted by atomic mass is 35.5. The van der Waals surface area contributed by atoms with E-state index in [1.54, 1.807) is 11.0 Å². The van der Waals surface area contributed by atoms with Crippen LogP contribution in [0.5, 0.6) is 5.75 Å². The molecule has 0 aliphatic rings. The molecule has 0 saturated carbocycles. The molecule has 0 fully saturated rings. The van der Waals surface area contributed by atoms with Crippen LogP contribution in [0.1, 0.15) is 51.3 Å². The van der Waals surface area contributed by atoms with Crippen LogP contribution in [-0.2, 0) is 28.0 Å². The van der Waals surface area contributed by atoms with Crippen molar-refractivity contribution in [3.8, 4) is 5.75 Å². The Balaban J connectivity index is 1.94. The highest BCUT2D eigenvalue weighted by Crippen LogP contribution is 2.31. The van der Waals surface area contributed by atoms with Gasteiger partial charge in [0.05, 0.1) is 0 Å². The Hall–Kier alpha value is -3.31. The molecule has 1 N–H and O–H groups in total. The minimum Gasteiger partial charge on any atom is -0.483 e. The van der Waals surface area contributed by atoms with Crippen LogP contribution in [-0.4, -0.2) is 35.9 Å². The molecule has 202 valence electrons. The quantitative estimate of drug-likeness (QED) is 0.308. The van der Waals surface area contributed by atoms with E-state index >= 15 is 0 Å². The summed E-state index contributed by atoms with van der Waals surface area (Å²) in [6, 6.07) is 24.2. The molecule has 0 unspecified atom stereocenters. The third-order valence-corrected chi connectivity index (χ3v) is 6.67. The SMILES string of the molecule is CC(C)CNC(=O)[C@@H](Cc1ccccc1)N(Cc1ccccc1Cl)C(=O)COc1ccccc1C(C)(C)C. The molecule has 2 amide bonds. The molecule has 3 aromatic carbocycles. The maximum atomic E-state index is 13.8. The molecule has 6 heteroatoms. The van der Waals surface area contributed by atoms with Gasteiger partial charge in [0, 0.05) is 24.5 Å². The number of halogens is 1. The molecule has 0 aliphatic heterocycles. The monoisotopic (exact) mass is 534 g/mol. The van der Waals surface area contributed by atoms with Crippen molar-refractivity contribution in [3.63, 3.8) is 0 Å². The van der Waals surface area contributed by atoms with Crippen molar-refractivity contribution in [1.82, 2.24) is 10.2 Å². The maximum absolute atomic E-state index is 13.8. The normalized spacial score (nSPS) is 12.2. The Bertz CT molecular complexity index is 1200. The Kier molecular flexibility index (Phi) is 10.4. The summed E-state index contributed by atoms with van der Waals surface area (Å²) < 4.78 is 6.10. The fourth-order valence-corrected chi connectivity index (χ4v) is 4.42. The highest BCUT2D eigenvalue weighted by molar-refractivity contribution is 6.31. The average molecular weight is 535 g/mol. The summed E-state index contributed by atoms with van der Waals surface area (Å²) in [5.74, 6) is 0.462. The van der Waals surface area contributed by atoms with Crippen molar-refractivity contribution in [3.05, 3.63) is 101 Å². The second-order valence-corrected chi connectivity index (χ2v) is 11.4. The number of carbonyl (C=O) groups is 2. The van der Waals surface area contributed by atoms with E-state index < -0.39 is 6.04 Å². The van der Waals surface area contributed by atoms with Gasteiger partial charge in [0.1, 0.15) is 11.8 Å². The van der Waals surface area contributed by atoms with Gasteiger partial charge in [-0.05, 0) is 40.2 Å². The largest absolute Gasteiger partial charge is 0.483 e. The van der Waals surface area contributed by atoms with Crippen molar-refractivity contribution in [1.29, 1.82) is 0 Å². The molecule has 0 bridgehead atoms. The molecule has 3 rings (SSSR count). The molecule has 0 aromatic heterocycles. The van der Waals surface area contributed by atoms with Crippen LogP contribution in [0.3, 0.4) is 0 Å². The van der Waals surface area contributed by atoms with Crippen molar-refractivity contribution < 1.29 is 14.3 Å². The van der Waals surface area contributed by atoms with Gasteiger partial charge in [0.25, 0.3) is 5.91 Å². The van der Waals surface area contributed by atoms with Gasteiger partial charge in [-0.1, -0.05) is 113 Å². The summed E-state index contributed by atoms with van der Waals surface area (Å²) in [5, 5.41) is 3.58. The Labute approximate surface area is 232 Å². The van der Waals surface area contributed by atoms with E-state index in [1.807, 2.05) is 86.6 Å². The number of ether oxygens (including phenoxy) is 1. The van der Waals surface area contributed by atoms with E-state index in [9.17, 15) is 9.59 Å². The van der Waals surface area contributed by atoms with Crippen LogP contribution in [0.15, 0.2) is 78.9 Å². The topological polar surface area (TPSA) is 58.6 Å². The number of hydrogen-bond donors (Lipinski definition) is 1. The third-order valence-electron chi connectivity index (χ3n) is 6.30. The van der Waals surface area contributed by atoms with E-state index in [4.69, 9.17) is 16.3 Å². The first-order chi connectivity index (χ1) is 18.1. The fraction of sp³-hybridized carbons (Fsp3) is 0.375. The first-order valence-electron chi connectivity index (χ1n) is 13.1. The smallest absolute Gasteiger partial charge is 0.261 e. The predicted octanol–water partition coefficient (Wildman–Crippen LogP) is 6.43. The van der Waals surface area contributed by atoms with Gasteiger partial charge in [-0.3, -0.25) is 9.59 Å². The van der Waals surface area contributed by atoms with Gasteiger partial charge >= 0.3 is 0 Å². The summed E-state index contributed by atoms with van der Waals surface area (Å²) in [5.41, 5.74) is 2.60. The number of nitrogens with one attached hydrogen (secondary N) is 1. The maximum Gasteiger partial charge on any atom is 0.261 e. The Morgan fingerprint density at radius 3 is 2.21 bits per heavy atom. The molecule has 0 radical (unpaired) electrons. The summed E-state index contributed by atoms with van der Waals surface area (Å²) in [7, 11) is 0. The van der Waals surface area contributed by atoms with Crippen molar-refractivity contribution in [2.24, 2.45) is 5.92 Å². The summed E-state index contributed by atoms with van der Waals surface area (Å²) in [4.78, 5) is 29.0. The second-order valence-electron chi connectivity index (χ2n) is 11.0. The lowest BCUT2D eigenvalue weighted by molar-refractivity contribution is -0.142. The van der Waals surface area contributed by atoms with Crippen LogP contribution in [0.4, 0.5) is 0 Å². The molecule has 5 nitrogen and oxygen atoms in total. The standard InChI is InChI=1S/C32H39ClN2O3/c1-23(2)20-34-31(37)28(19-24-13-7-6-8-14-24)35(21-25-15-9-11-17-27(25)33)30(36)22-38-29-18-12-10-16-26(29)32(3,4)5/h6-18,23,28H,19-22H2,1-5H3,(H,34,37)/t28-/m1/s1. The number of hydrogen-bond acceptors (Lipinski definition) is 3. The first-order valence-corrected chi connectivity index (χ1v) is 13.5. The van der Waals surface area contributed by atoms with Crippen LogP contribution in [0.2, 0.25) is 5.02 Å². The third kappa shape index (κ3) is 8.35. The molecule has 0 aliphatic carbocycles. The van der Waals surface area contributed by atoms with Crippen LogP contribution in [0.25, 0.3) is 0 Å². The molecule has 0 heterocycles. The molecule has 0 spiro atoms. The number of benzene rings is 3. The lowest BCUT2D eigenvalue weighted by Crippen LogP contribution is -2.52. The molecule has 0 saturated heterocycles. The van der Waals surface area contributed by atoms with E-state index in [0.717, 1.165) is 16.7 Å². The molecule has 1 atom stereocenters.